The highest BCUT2D eigenvalue weighted by Crippen LogP contribution is 2.30. The lowest BCUT2D eigenvalue weighted by Gasteiger charge is -2.09. The molecule has 2 rings (SSSR count). The van der Waals surface area contributed by atoms with E-state index in [1.165, 1.54) is 0 Å². The number of rotatable bonds is 3. The van der Waals surface area contributed by atoms with Gasteiger partial charge in [0, 0.05) is 6.42 Å². The molecule has 1 amide bonds. The molecular weight excluding hydrogens is 216 g/mol. The van der Waals surface area contributed by atoms with Crippen LogP contribution in [0.15, 0.2) is 0 Å². The van der Waals surface area contributed by atoms with E-state index < -0.39 is 24.2 Å². The highest BCUT2D eigenvalue weighted by molar-refractivity contribution is 5.88. The van der Waals surface area contributed by atoms with Crippen LogP contribution in [0.3, 0.4) is 0 Å². The lowest BCUT2D eigenvalue weighted by molar-refractivity contribution is -0.0246. The molecule has 0 unspecified atom stereocenters. The maximum atomic E-state index is 10.8. The van der Waals surface area contributed by atoms with Crippen molar-refractivity contribution in [2.75, 3.05) is 6.61 Å². The average molecular weight is 228 g/mol. The standard InChI is InChI=1S/C8H12N4O4/c9-6(15)8-10-7(11-12-8)4-1-3(14)5(2-13)16-4/h3-5,13-14H,1-2H2,(H2,9,15)(H,10,11,12)/t3-,4-,5+/m1/s1. The van der Waals surface area contributed by atoms with Gasteiger partial charge in [0.05, 0.1) is 12.7 Å². The number of hydrogen-bond donors (Lipinski definition) is 4. The van der Waals surface area contributed by atoms with E-state index in [2.05, 4.69) is 15.2 Å². The monoisotopic (exact) mass is 228 g/mol. The number of aromatic amines is 1. The predicted molar refractivity (Wildman–Crippen MR) is 50.2 cm³/mol. The van der Waals surface area contributed by atoms with E-state index in [0.717, 1.165) is 0 Å². The van der Waals surface area contributed by atoms with E-state index in [1.807, 2.05) is 0 Å². The molecule has 0 radical (unpaired) electrons. The van der Waals surface area contributed by atoms with Crippen LogP contribution in [-0.2, 0) is 4.74 Å². The molecule has 5 N–H and O–H groups in total. The van der Waals surface area contributed by atoms with Gasteiger partial charge in [0.1, 0.15) is 12.2 Å². The van der Waals surface area contributed by atoms with Crippen molar-refractivity contribution in [1.29, 1.82) is 0 Å². The van der Waals surface area contributed by atoms with Crippen molar-refractivity contribution in [1.82, 2.24) is 15.2 Å². The number of aliphatic hydroxyl groups excluding tert-OH is 2. The highest BCUT2D eigenvalue weighted by Gasteiger charge is 2.36. The second-order valence-corrected chi connectivity index (χ2v) is 3.56. The van der Waals surface area contributed by atoms with Gasteiger partial charge in [0.2, 0.25) is 5.82 Å². The van der Waals surface area contributed by atoms with Crippen LogP contribution in [0.1, 0.15) is 29.0 Å². The first-order chi connectivity index (χ1) is 7.61. The number of amides is 1. The zero-order valence-electron chi connectivity index (χ0n) is 8.33. The minimum absolute atomic E-state index is 0.125. The number of nitrogens with zero attached hydrogens (tertiary/aromatic N) is 2. The fourth-order valence-corrected chi connectivity index (χ4v) is 1.60. The van der Waals surface area contributed by atoms with Gasteiger partial charge in [-0.15, -0.1) is 5.10 Å². The number of H-pyrrole nitrogens is 1. The van der Waals surface area contributed by atoms with Crippen LogP contribution < -0.4 is 5.73 Å². The number of nitrogens with two attached hydrogens (primary N) is 1. The molecule has 16 heavy (non-hydrogen) atoms. The van der Waals surface area contributed by atoms with Crippen molar-refractivity contribution in [3.63, 3.8) is 0 Å². The van der Waals surface area contributed by atoms with Crippen LogP contribution in [0.2, 0.25) is 0 Å². The van der Waals surface area contributed by atoms with Crippen molar-refractivity contribution in [3.8, 4) is 0 Å². The molecular formula is C8H12N4O4. The number of aliphatic hydroxyl groups is 2. The first-order valence-corrected chi connectivity index (χ1v) is 4.78. The Morgan fingerprint density at radius 1 is 1.69 bits per heavy atom. The summed E-state index contributed by atoms with van der Waals surface area (Å²) in [5.74, 6) is -0.538. The molecule has 0 spiro atoms. The number of ether oxygens (including phenoxy) is 1. The molecule has 8 nitrogen and oxygen atoms in total. The second kappa shape index (κ2) is 4.16. The Bertz CT molecular complexity index is 393. The molecule has 0 aromatic carbocycles. The zero-order chi connectivity index (χ0) is 11.7. The minimum Gasteiger partial charge on any atom is -0.394 e. The Kier molecular flexibility index (Phi) is 2.86. The van der Waals surface area contributed by atoms with Gasteiger partial charge in [0.25, 0.3) is 5.91 Å². The summed E-state index contributed by atoms with van der Waals surface area (Å²) in [6, 6.07) is 0. The van der Waals surface area contributed by atoms with Crippen LogP contribution in [0.5, 0.6) is 0 Å². The zero-order valence-corrected chi connectivity index (χ0v) is 8.33. The Labute approximate surface area is 90.4 Å². The van der Waals surface area contributed by atoms with Crippen LogP contribution in [0.25, 0.3) is 0 Å². The summed E-state index contributed by atoms with van der Waals surface area (Å²) in [4.78, 5) is 14.6. The van der Waals surface area contributed by atoms with Gasteiger partial charge < -0.3 is 20.7 Å². The third-order valence-corrected chi connectivity index (χ3v) is 2.43. The number of carbonyl (C=O) groups is 1. The number of aromatic nitrogens is 3. The SMILES string of the molecule is NC(=O)c1n[nH]c([C@H]2C[C@@H](O)[C@H](CO)O2)n1. The topological polar surface area (TPSA) is 134 Å². The smallest absolute Gasteiger partial charge is 0.288 e. The molecule has 88 valence electrons. The van der Waals surface area contributed by atoms with E-state index >= 15 is 0 Å². The second-order valence-electron chi connectivity index (χ2n) is 3.56. The van der Waals surface area contributed by atoms with Crippen molar-refractivity contribution < 1.29 is 19.7 Å². The van der Waals surface area contributed by atoms with Gasteiger partial charge in [-0.2, -0.15) is 0 Å². The van der Waals surface area contributed by atoms with Crippen molar-refractivity contribution in [2.24, 2.45) is 5.73 Å². The van der Waals surface area contributed by atoms with Crippen LogP contribution in [-0.4, -0.2) is 50.1 Å². The molecule has 3 atom stereocenters. The fourth-order valence-electron chi connectivity index (χ4n) is 1.60. The van der Waals surface area contributed by atoms with Gasteiger partial charge in [-0.25, -0.2) is 4.98 Å². The molecule has 1 aromatic heterocycles. The lowest BCUT2D eigenvalue weighted by Crippen LogP contribution is -2.24. The summed E-state index contributed by atoms with van der Waals surface area (Å²) in [6.45, 7) is -0.269. The molecule has 0 aliphatic carbocycles. The maximum Gasteiger partial charge on any atom is 0.288 e. The fraction of sp³-hybridized carbons (Fsp3) is 0.625. The van der Waals surface area contributed by atoms with Crippen molar-refractivity contribution in [2.45, 2.75) is 24.7 Å². The molecule has 2 heterocycles. The van der Waals surface area contributed by atoms with E-state index in [0.29, 0.717) is 12.2 Å². The van der Waals surface area contributed by atoms with Gasteiger partial charge in [0.15, 0.2) is 5.82 Å². The first-order valence-electron chi connectivity index (χ1n) is 4.78. The molecule has 1 saturated heterocycles. The average Bonchev–Trinajstić information content (AvgIpc) is 2.83. The Morgan fingerprint density at radius 2 is 2.44 bits per heavy atom. The lowest BCUT2D eigenvalue weighted by atomic mass is 10.1. The summed E-state index contributed by atoms with van der Waals surface area (Å²) in [6.07, 6.45) is -1.60. The normalized spacial score (nSPS) is 29.5. The largest absolute Gasteiger partial charge is 0.394 e. The summed E-state index contributed by atoms with van der Waals surface area (Å²) in [5.41, 5.74) is 4.99. The van der Waals surface area contributed by atoms with Gasteiger partial charge in [-0.1, -0.05) is 0 Å². The van der Waals surface area contributed by atoms with E-state index in [1.54, 1.807) is 0 Å². The highest BCUT2D eigenvalue weighted by atomic mass is 16.5. The van der Waals surface area contributed by atoms with Crippen molar-refractivity contribution >= 4 is 5.91 Å². The molecule has 8 heteroatoms. The molecule has 0 bridgehead atoms. The summed E-state index contributed by atoms with van der Waals surface area (Å²) in [7, 11) is 0. The molecule has 1 aromatic rings. The minimum atomic E-state index is -0.753. The summed E-state index contributed by atoms with van der Waals surface area (Å²) >= 11 is 0. The third-order valence-electron chi connectivity index (χ3n) is 2.43. The van der Waals surface area contributed by atoms with E-state index in [9.17, 15) is 9.90 Å². The van der Waals surface area contributed by atoms with Gasteiger partial charge in [-0.3, -0.25) is 9.89 Å². The van der Waals surface area contributed by atoms with E-state index in [-0.39, 0.29) is 12.4 Å². The summed E-state index contributed by atoms with van der Waals surface area (Å²) in [5, 5.41) is 24.5. The number of hydrogen-bond acceptors (Lipinski definition) is 6. The van der Waals surface area contributed by atoms with Crippen LogP contribution in [0.4, 0.5) is 0 Å². The van der Waals surface area contributed by atoms with Crippen molar-refractivity contribution in [3.05, 3.63) is 11.6 Å². The number of nitrogens with one attached hydrogen (secondary N) is 1. The van der Waals surface area contributed by atoms with Gasteiger partial charge in [-0.05, 0) is 0 Å². The van der Waals surface area contributed by atoms with E-state index in [4.69, 9.17) is 15.6 Å². The predicted octanol–water partition coefficient (Wildman–Crippen LogP) is -1.91. The molecule has 1 aliphatic rings. The first kappa shape index (κ1) is 11.0. The summed E-state index contributed by atoms with van der Waals surface area (Å²) < 4.78 is 5.32. The Morgan fingerprint density at radius 3 is 2.94 bits per heavy atom. The Balaban J connectivity index is 2.11. The van der Waals surface area contributed by atoms with Crippen LogP contribution >= 0.6 is 0 Å². The van der Waals surface area contributed by atoms with Crippen LogP contribution in [0, 0.1) is 0 Å². The maximum absolute atomic E-state index is 10.8. The molecule has 0 saturated carbocycles. The molecule has 1 fully saturated rings. The molecule has 1 aliphatic heterocycles. The number of primary amides is 1. The third kappa shape index (κ3) is 1.90. The number of carbonyl (C=O) groups excluding carboxylic acids is 1. The quantitative estimate of drug-likeness (QED) is 0.476. The Hall–Kier alpha value is -1.51. The van der Waals surface area contributed by atoms with Gasteiger partial charge >= 0.3 is 0 Å².